The van der Waals surface area contributed by atoms with Gasteiger partial charge in [0.2, 0.25) is 0 Å². The summed E-state index contributed by atoms with van der Waals surface area (Å²) in [5.74, 6) is 1.77. The quantitative estimate of drug-likeness (QED) is 0.876. The second-order valence-electron chi connectivity index (χ2n) is 6.58. The van der Waals surface area contributed by atoms with Crippen molar-refractivity contribution < 1.29 is 9.47 Å². The van der Waals surface area contributed by atoms with E-state index in [-0.39, 0.29) is 5.56 Å². The first kappa shape index (κ1) is 17.1. The van der Waals surface area contributed by atoms with E-state index in [9.17, 15) is 4.79 Å². The Morgan fingerprint density at radius 2 is 2.12 bits per heavy atom. The van der Waals surface area contributed by atoms with Crippen LogP contribution in [0.4, 0.5) is 0 Å². The fraction of sp³-hybridized carbons (Fsp3) is 0.368. The Morgan fingerprint density at radius 1 is 1.27 bits per heavy atom. The van der Waals surface area contributed by atoms with Gasteiger partial charge in [-0.15, -0.1) is 0 Å². The van der Waals surface area contributed by atoms with Crippen molar-refractivity contribution in [1.29, 1.82) is 0 Å². The smallest absolute Gasteiger partial charge is 0.255 e. The number of nitrogens with zero attached hydrogens (tertiary/aromatic N) is 2. The lowest BCUT2D eigenvalue weighted by molar-refractivity contribution is 0.297. The number of ether oxygens (including phenoxy) is 2. The van der Waals surface area contributed by atoms with Crippen LogP contribution in [0.5, 0.6) is 11.5 Å². The highest BCUT2D eigenvalue weighted by atomic mass is 35.5. The molecule has 26 heavy (non-hydrogen) atoms. The van der Waals surface area contributed by atoms with Crippen molar-refractivity contribution >= 4 is 23.8 Å². The third-order valence-corrected chi connectivity index (χ3v) is 4.82. The minimum atomic E-state index is -0.0714. The van der Waals surface area contributed by atoms with Crippen molar-refractivity contribution in [3.8, 4) is 11.5 Å². The average molecular weight is 374 g/mol. The minimum Gasteiger partial charge on any atom is -0.489 e. The molecular weight excluding hydrogens is 354 g/mol. The number of nitrogens with one attached hydrogen (secondary N) is 1. The molecule has 136 valence electrons. The molecule has 0 saturated heterocycles. The molecule has 0 aliphatic carbocycles. The SMILES string of the molecule is CN1CCc2nc(/C=C/c3cc(Cl)c4c(c3)OCCCO4)[nH]c(=O)c2C1. The van der Waals surface area contributed by atoms with Gasteiger partial charge < -0.3 is 19.4 Å². The van der Waals surface area contributed by atoms with E-state index in [0.717, 1.165) is 36.2 Å². The lowest BCUT2D eigenvalue weighted by atomic mass is 10.1. The van der Waals surface area contributed by atoms with E-state index in [1.807, 2.05) is 25.3 Å². The molecule has 2 aromatic rings. The molecule has 0 fully saturated rings. The molecule has 1 aromatic carbocycles. The standard InChI is InChI=1S/C19H20ClN3O3/c1-23-6-5-15-13(11-23)19(24)22-17(21-15)4-3-12-9-14(20)18-16(10-12)25-7-2-8-26-18/h3-4,9-10H,2,5-8,11H2,1H3,(H,21,22,24)/b4-3+. The Balaban J connectivity index is 1.63. The zero-order valence-electron chi connectivity index (χ0n) is 14.5. The van der Waals surface area contributed by atoms with Crippen LogP contribution in [0.25, 0.3) is 12.2 Å². The summed E-state index contributed by atoms with van der Waals surface area (Å²) in [7, 11) is 2.00. The van der Waals surface area contributed by atoms with E-state index in [1.54, 1.807) is 6.08 Å². The molecule has 7 heteroatoms. The number of likely N-dealkylation sites (N-methyl/N-ethyl adjacent to an activating group) is 1. The third kappa shape index (κ3) is 3.48. The number of aromatic amines is 1. The van der Waals surface area contributed by atoms with Crippen LogP contribution in [0.3, 0.4) is 0 Å². The number of hydrogen-bond acceptors (Lipinski definition) is 5. The molecule has 1 aromatic heterocycles. The molecule has 1 N–H and O–H groups in total. The van der Waals surface area contributed by atoms with Crippen molar-refractivity contribution in [1.82, 2.24) is 14.9 Å². The van der Waals surface area contributed by atoms with Gasteiger partial charge in [-0.3, -0.25) is 4.79 Å². The fourth-order valence-electron chi connectivity index (χ4n) is 3.18. The van der Waals surface area contributed by atoms with E-state index in [1.165, 1.54) is 0 Å². The van der Waals surface area contributed by atoms with Crippen LogP contribution in [0.15, 0.2) is 16.9 Å². The number of aromatic nitrogens is 2. The summed E-state index contributed by atoms with van der Waals surface area (Å²) in [4.78, 5) is 21.9. The second-order valence-corrected chi connectivity index (χ2v) is 6.99. The molecule has 4 rings (SSSR count). The molecule has 6 nitrogen and oxygen atoms in total. The van der Waals surface area contributed by atoms with Gasteiger partial charge in [-0.2, -0.15) is 0 Å². The van der Waals surface area contributed by atoms with Gasteiger partial charge in [-0.05, 0) is 30.8 Å². The lowest BCUT2D eigenvalue weighted by Gasteiger charge is -2.23. The maximum atomic E-state index is 12.3. The summed E-state index contributed by atoms with van der Waals surface area (Å²) in [5.41, 5.74) is 2.43. The molecule has 2 aliphatic heterocycles. The maximum Gasteiger partial charge on any atom is 0.255 e. The van der Waals surface area contributed by atoms with Crippen LogP contribution in [-0.2, 0) is 13.0 Å². The number of hydrogen-bond donors (Lipinski definition) is 1. The van der Waals surface area contributed by atoms with Crippen molar-refractivity contribution in [2.24, 2.45) is 0 Å². The van der Waals surface area contributed by atoms with Crippen LogP contribution < -0.4 is 15.0 Å². The largest absolute Gasteiger partial charge is 0.489 e. The molecular formula is C19H20ClN3O3. The molecule has 0 bridgehead atoms. The first-order valence-corrected chi connectivity index (χ1v) is 9.06. The number of benzene rings is 1. The topological polar surface area (TPSA) is 67.5 Å². The summed E-state index contributed by atoms with van der Waals surface area (Å²) in [5, 5.41) is 0.513. The Morgan fingerprint density at radius 3 is 3.00 bits per heavy atom. The summed E-state index contributed by atoms with van der Waals surface area (Å²) in [6, 6.07) is 3.70. The maximum absolute atomic E-state index is 12.3. The molecule has 0 radical (unpaired) electrons. The highest BCUT2D eigenvalue weighted by Crippen LogP contribution is 2.38. The molecule has 2 aliphatic rings. The Labute approximate surface area is 156 Å². The van der Waals surface area contributed by atoms with Crippen molar-refractivity contribution in [3.05, 3.63) is 50.2 Å². The second kappa shape index (κ2) is 7.13. The Bertz CT molecular complexity index is 923. The summed E-state index contributed by atoms with van der Waals surface area (Å²) in [6.45, 7) is 2.74. The molecule has 0 amide bonds. The molecule has 3 heterocycles. The van der Waals surface area contributed by atoms with Gasteiger partial charge >= 0.3 is 0 Å². The van der Waals surface area contributed by atoms with Gasteiger partial charge in [-0.1, -0.05) is 17.7 Å². The zero-order chi connectivity index (χ0) is 18.1. The van der Waals surface area contributed by atoms with Crippen LogP contribution >= 0.6 is 11.6 Å². The van der Waals surface area contributed by atoms with E-state index in [2.05, 4.69) is 14.9 Å². The van der Waals surface area contributed by atoms with Gasteiger partial charge in [-0.25, -0.2) is 4.98 Å². The van der Waals surface area contributed by atoms with Crippen LogP contribution in [0.1, 0.15) is 29.1 Å². The van der Waals surface area contributed by atoms with E-state index in [4.69, 9.17) is 21.1 Å². The first-order valence-electron chi connectivity index (χ1n) is 8.68. The van der Waals surface area contributed by atoms with Crippen LogP contribution in [0, 0.1) is 0 Å². The van der Waals surface area contributed by atoms with E-state index in [0.29, 0.717) is 42.1 Å². The van der Waals surface area contributed by atoms with Gasteiger partial charge in [0.05, 0.1) is 29.5 Å². The first-order chi connectivity index (χ1) is 12.6. The fourth-order valence-corrected chi connectivity index (χ4v) is 3.45. The molecule has 0 spiro atoms. The number of rotatable bonds is 2. The summed E-state index contributed by atoms with van der Waals surface area (Å²) >= 11 is 6.32. The molecule has 0 unspecified atom stereocenters. The number of fused-ring (bicyclic) bond motifs is 2. The zero-order valence-corrected chi connectivity index (χ0v) is 15.3. The average Bonchev–Trinajstić information content (AvgIpc) is 2.86. The Hall–Kier alpha value is -2.31. The van der Waals surface area contributed by atoms with E-state index < -0.39 is 0 Å². The highest BCUT2D eigenvalue weighted by molar-refractivity contribution is 6.32. The number of halogens is 1. The normalized spacial score (nSPS) is 17.2. The van der Waals surface area contributed by atoms with Crippen LogP contribution in [-0.4, -0.2) is 41.7 Å². The monoisotopic (exact) mass is 373 g/mol. The van der Waals surface area contributed by atoms with Gasteiger partial charge in [0.25, 0.3) is 5.56 Å². The van der Waals surface area contributed by atoms with Crippen molar-refractivity contribution in [2.75, 3.05) is 26.8 Å². The Kier molecular flexibility index (Phi) is 4.70. The predicted molar refractivity (Wildman–Crippen MR) is 101 cm³/mol. The van der Waals surface area contributed by atoms with Gasteiger partial charge in [0, 0.05) is 25.9 Å². The lowest BCUT2D eigenvalue weighted by Crippen LogP contribution is -2.33. The van der Waals surface area contributed by atoms with Gasteiger partial charge in [0.1, 0.15) is 5.82 Å². The molecule has 0 saturated carbocycles. The summed E-state index contributed by atoms with van der Waals surface area (Å²) in [6.07, 6.45) is 5.26. The summed E-state index contributed by atoms with van der Waals surface area (Å²) < 4.78 is 11.3. The molecule has 0 atom stereocenters. The van der Waals surface area contributed by atoms with Gasteiger partial charge in [0.15, 0.2) is 11.5 Å². The third-order valence-electron chi connectivity index (χ3n) is 4.54. The van der Waals surface area contributed by atoms with E-state index >= 15 is 0 Å². The van der Waals surface area contributed by atoms with Crippen molar-refractivity contribution in [3.63, 3.8) is 0 Å². The number of H-pyrrole nitrogens is 1. The van der Waals surface area contributed by atoms with Crippen LogP contribution in [0.2, 0.25) is 5.02 Å². The van der Waals surface area contributed by atoms with Crippen molar-refractivity contribution in [2.45, 2.75) is 19.4 Å². The predicted octanol–water partition coefficient (Wildman–Crippen LogP) is 2.74. The minimum absolute atomic E-state index is 0.0714. The highest BCUT2D eigenvalue weighted by Gasteiger charge is 2.18.